The van der Waals surface area contributed by atoms with Crippen LogP contribution in [0.3, 0.4) is 0 Å². The molecule has 0 aliphatic heterocycles. The molecule has 0 radical (unpaired) electrons. The van der Waals surface area contributed by atoms with Crippen LogP contribution in [0.4, 0.5) is 0 Å². The summed E-state index contributed by atoms with van der Waals surface area (Å²) in [5, 5.41) is 4.92. The standard InChI is InChI=1S/C15H24N2S/c1-2-16-10-13-14(11-8-9-11)17-15(18-13)12-6-4-3-5-7-12/h11-12,16H,2-10H2,1H3. The highest BCUT2D eigenvalue weighted by molar-refractivity contribution is 7.11. The first-order chi connectivity index (χ1) is 8.88. The van der Waals surface area contributed by atoms with E-state index in [2.05, 4.69) is 12.2 Å². The van der Waals surface area contributed by atoms with Crippen molar-refractivity contribution in [3.8, 4) is 0 Å². The van der Waals surface area contributed by atoms with Gasteiger partial charge in [0.25, 0.3) is 0 Å². The van der Waals surface area contributed by atoms with Crippen LogP contribution < -0.4 is 5.32 Å². The van der Waals surface area contributed by atoms with Gasteiger partial charge in [-0.25, -0.2) is 4.98 Å². The van der Waals surface area contributed by atoms with E-state index in [1.807, 2.05) is 11.3 Å². The molecule has 0 saturated heterocycles. The maximum absolute atomic E-state index is 5.03. The van der Waals surface area contributed by atoms with Gasteiger partial charge in [0.2, 0.25) is 0 Å². The molecule has 1 aromatic rings. The molecular formula is C15H24N2S. The van der Waals surface area contributed by atoms with E-state index in [0.29, 0.717) is 0 Å². The zero-order chi connectivity index (χ0) is 12.4. The minimum Gasteiger partial charge on any atom is -0.312 e. The summed E-state index contributed by atoms with van der Waals surface area (Å²) in [5.41, 5.74) is 1.45. The number of aromatic nitrogens is 1. The Bertz CT molecular complexity index is 389. The summed E-state index contributed by atoms with van der Waals surface area (Å²) in [6.45, 7) is 4.27. The zero-order valence-electron chi connectivity index (χ0n) is 11.4. The van der Waals surface area contributed by atoms with E-state index in [1.165, 1.54) is 60.5 Å². The molecule has 0 amide bonds. The molecule has 0 atom stereocenters. The van der Waals surface area contributed by atoms with Crippen molar-refractivity contribution in [3.05, 3.63) is 15.6 Å². The van der Waals surface area contributed by atoms with Crippen molar-refractivity contribution in [2.45, 2.75) is 70.3 Å². The summed E-state index contributed by atoms with van der Waals surface area (Å²) in [4.78, 5) is 6.56. The minimum atomic E-state index is 0.775. The first-order valence-corrected chi connectivity index (χ1v) is 8.40. The lowest BCUT2D eigenvalue weighted by molar-refractivity contribution is 0.442. The summed E-state index contributed by atoms with van der Waals surface area (Å²) in [6, 6.07) is 0. The Morgan fingerprint density at radius 1 is 1.11 bits per heavy atom. The second-order valence-corrected chi connectivity index (χ2v) is 6.87. The van der Waals surface area contributed by atoms with E-state index in [9.17, 15) is 0 Å². The second kappa shape index (κ2) is 5.70. The summed E-state index contributed by atoms with van der Waals surface area (Å²) >= 11 is 2.00. The molecule has 18 heavy (non-hydrogen) atoms. The van der Waals surface area contributed by atoms with Gasteiger partial charge in [-0.15, -0.1) is 11.3 Å². The molecule has 2 aliphatic rings. The first kappa shape index (κ1) is 12.6. The Labute approximate surface area is 114 Å². The number of rotatable bonds is 5. The van der Waals surface area contributed by atoms with Crippen molar-refractivity contribution in [3.63, 3.8) is 0 Å². The normalized spacial score (nSPS) is 21.4. The van der Waals surface area contributed by atoms with Crippen molar-refractivity contribution in [1.29, 1.82) is 0 Å². The molecular weight excluding hydrogens is 240 g/mol. The highest BCUT2D eigenvalue weighted by Gasteiger charge is 2.31. The average Bonchev–Trinajstić information content (AvgIpc) is 3.18. The molecule has 0 spiro atoms. The lowest BCUT2D eigenvalue weighted by Gasteiger charge is -2.18. The van der Waals surface area contributed by atoms with Crippen LogP contribution in [0.1, 0.15) is 79.3 Å². The van der Waals surface area contributed by atoms with Gasteiger partial charge in [0.1, 0.15) is 0 Å². The van der Waals surface area contributed by atoms with Crippen LogP contribution in [0.25, 0.3) is 0 Å². The fraction of sp³-hybridized carbons (Fsp3) is 0.800. The Hall–Kier alpha value is -0.410. The van der Waals surface area contributed by atoms with Crippen LogP contribution in [0.15, 0.2) is 0 Å². The molecule has 100 valence electrons. The first-order valence-electron chi connectivity index (χ1n) is 7.58. The van der Waals surface area contributed by atoms with Crippen LogP contribution >= 0.6 is 11.3 Å². The fourth-order valence-corrected chi connectivity index (χ4v) is 4.24. The zero-order valence-corrected chi connectivity index (χ0v) is 12.2. The Morgan fingerprint density at radius 2 is 1.89 bits per heavy atom. The van der Waals surface area contributed by atoms with Gasteiger partial charge < -0.3 is 5.32 Å². The molecule has 2 fully saturated rings. The SMILES string of the molecule is CCNCc1sc(C2CCCCC2)nc1C1CC1. The second-order valence-electron chi connectivity index (χ2n) is 5.75. The number of hydrogen-bond acceptors (Lipinski definition) is 3. The Balaban J connectivity index is 1.77. The quantitative estimate of drug-likeness (QED) is 0.863. The average molecular weight is 264 g/mol. The molecule has 1 N–H and O–H groups in total. The Kier molecular flexibility index (Phi) is 4.00. The van der Waals surface area contributed by atoms with Crippen molar-refractivity contribution < 1.29 is 0 Å². The van der Waals surface area contributed by atoms with E-state index < -0.39 is 0 Å². The number of nitrogens with one attached hydrogen (secondary N) is 1. The van der Waals surface area contributed by atoms with Crippen molar-refractivity contribution in [2.24, 2.45) is 0 Å². The third-order valence-electron chi connectivity index (χ3n) is 4.20. The van der Waals surface area contributed by atoms with Crippen LogP contribution in [0.5, 0.6) is 0 Å². The van der Waals surface area contributed by atoms with Crippen LogP contribution in [-0.4, -0.2) is 11.5 Å². The third kappa shape index (κ3) is 2.77. The van der Waals surface area contributed by atoms with Gasteiger partial charge in [-0.1, -0.05) is 26.2 Å². The summed E-state index contributed by atoms with van der Waals surface area (Å²) < 4.78 is 0. The van der Waals surface area contributed by atoms with Gasteiger partial charge in [0.05, 0.1) is 10.7 Å². The van der Waals surface area contributed by atoms with Crippen molar-refractivity contribution in [1.82, 2.24) is 10.3 Å². The Morgan fingerprint density at radius 3 is 2.56 bits per heavy atom. The monoisotopic (exact) mass is 264 g/mol. The summed E-state index contributed by atoms with van der Waals surface area (Å²) in [7, 11) is 0. The molecule has 3 heteroatoms. The van der Waals surface area contributed by atoms with Gasteiger partial charge in [-0.05, 0) is 32.2 Å². The number of thiazole rings is 1. The molecule has 0 unspecified atom stereocenters. The smallest absolute Gasteiger partial charge is 0.0962 e. The molecule has 1 aromatic heterocycles. The van der Waals surface area contributed by atoms with Gasteiger partial charge in [-0.2, -0.15) is 0 Å². The lowest BCUT2D eigenvalue weighted by atomic mass is 9.90. The predicted octanol–water partition coefficient (Wildman–Crippen LogP) is 4.18. The summed E-state index contributed by atoms with van der Waals surface area (Å²) in [6.07, 6.45) is 9.73. The fourth-order valence-electron chi connectivity index (χ4n) is 2.95. The number of nitrogens with zero attached hydrogens (tertiary/aromatic N) is 1. The van der Waals surface area contributed by atoms with E-state index >= 15 is 0 Å². The molecule has 2 saturated carbocycles. The highest BCUT2D eigenvalue weighted by Crippen LogP contribution is 2.45. The molecule has 2 nitrogen and oxygen atoms in total. The lowest BCUT2D eigenvalue weighted by Crippen LogP contribution is -2.11. The molecule has 3 rings (SSSR count). The van der Waals surface area contributed by atoms with Crippen molar-refractivity contribution >= 4 is 11.3 Å². The highest BCUT2D eigenvalue weighted by atomic mass is 32.1. The van der Waals surface area contributed by atoms with Crippen LogP contribution in [0, 0.1) is 0 Å². The maximum atomic E-state index is 5.03. The van der Waals surface area contributed by atoms with Crippen molar-refractivity contribution in [2.75, 3.05) is 6.54 Å². The topological polar surface area (TPSA) is 24.9 Å². The third-order valence-corrected chi connectivity index (χ3v) is 5.43. The van der Waals surface area contributed by atoms with Gasteiger partial charge in [0.15, 0.2) is 0 Å². The van der Waals surface area contributed by atoms with E-state index in [-0.39, 0.29) is 0 Å². The van der Waals surface area contributed by atoms with Crippen LogP contribution in [0.2, 0.25) is 0 Å². The predicted molar refractivity (Wildman–Crippen MR) is 77.3 cm³/mol. The maximum Gasteiger partial charge on any atom is 0.0962 e. The molecule has 0 aromatic carbocycles. The van der Waals surface area contributed by atoms with Crippen LogP contribution in [-0.2, 0) is 6.54 Å². The van der Waals surface area contributed by atoms with Gasteiger partial charge >= 0.3 is 0 Å². The van der Waals surface area contributed by atoms with E-state index in [0.717, 1.165) is 24.9 Å². The largest absolute Gasteiger partial charge is 0.312 e. The minimum absolute atomic E-state index is 0.775. The molecule has 0 bridgehead atoms. The van der Waals surface area contributed by atoms with E-state index in [4.69, 9.17) is 4.98 Å². The number of hydrogen-bond donors (Lipinski definition) is 1. The molecule has 2 aliphatic carbocycles. The van der Waals surface area contributed by atoms with E-state index in [1.54, 1.807) is 0 Å². The van der Waals surface area contributed by atoms with Gasteiger partial charge in [0, 0.05) is 23.3 Å². The molecule has 1 heterocycles. The summed E-state index contributed by atoms with van der Waals surface area (Å²) in [5.74, 6) is 1.57. The van der Waals surface area contributed by atoms with Gasteiger partial charge in [-0.3, -0.25) is 0 Å².